The van der Waals surface area contributed by atoms with E-state index in [1.807, 2.05) is 44.2 Å². The van der Waals surface area contributed by atoms with E-state index in [1.54, 1.807) is 0 Å². The third-order valence-corrected chi connectivity index (χ3v) is 3.00. The molecule has 0 radical (unpaired) electrons. The maximum Gasteiger partial charge on any atom is 0.167 e. The number of hydrogen-bond donors (Lipinski definition) is 0. The highest BCUT2D eigenvalue weighted by atomic mass is 16.6. The van der Waals surface area contributed by atoms with Crippen LogP contribution >= 0.6 is 0 Å². The van der Waals surface area contributed by atoms with Crippen LogP contribution in [0.3, 0.4) is 0 Å². The van der Waals surface area contributed by atoms with Gasteiger partial charge in [0.15, 0.2) is 5.78 Å². The summed E-state index contributed by atoms with van der Waals surface area (Å²) in [4.78, 5) is 11.8. The Kier molecular flexibility index (Phi) is 2.87. The Morgan fingerprint density at radius 1 is 1.40 bits per heavy atom. The minimum absolute atomic E-state index is 0.00713. The fraction of sp³-hybridized carbons (Fsp3) is 0.462. The maximum absolute atomic E-state index is 11.8. The van der Waals surface area contributed by atoms with Gasteiger partial charge in [-0.15, -0.1) is 0 Å². The van der Waals surface area contributed by atoms with E-state index in [1.165, 1.54) is 0 Å². The Morgan fingerprint density at radius 2 is 2.07 bits per heavy atom. The Morgan fingerprint density at radius 3 is 2.67 bits per heavy atom. The predicted molar refractivity (Wildman–Crippen MR) is 58.5 cm³/mol. The van der Waals surface area contributed by atoms with Crippen molar-refractivity contribution in [3.63, 3.8) is 0 Å². The van der Waals surface area contributed by atoms with Gasteiger partial charge in [-0.3, -0.25) is 4.79 Å². The molecule has 1 aliphatic heterocycles. The molecule has 0 aliphatic carbocycles. The zero-order valence-corrected chi connectivity index (χ0v) is 9.14. The van der Waals surface area contributed by atoms with E-state index in [0.29, 0.717) is 0 Å². The van der Waals surface area contributed by atoms with Gasteiger partial charge in [0.2, 0.25) is 0 Å². The zero-order valence-electron chi connectivity index (χ0n) is 9.14. The third-order valence-electron chi connectivity index (χ3n) is 3.00. The molecule has 1 saturated heterocycles. The number of hydrogen-bond acceptors (Lipinski definition) is 2. The number of rotatable bonds is 4. The first-order chi connectivity index (χ1) is 7.24. The minimum atomic E-state index is -0.192. The van der Waals surface area contributed by atoms with Gasteiger partial charge in [0, 0.05) is 5.92 Å². The second-order valence-corrected chi connectivity index (χ2v) is 4.10. The molecule has 3 atom stereocenters. The van der Waals surface area contributed by atoms with Crippen molar-refractivity contribution in [3.8, 4) is 0 Å². The van der Waals surface area contributed by atoms with Crippen LogP contribution in [0.15, 0.2) is 30.3 Å². The van der Waals surface area contributed by atoms with Gasteiger partial charge in [0.05, 0.1) is 0 Å². The lowest BCUT2D eigenvalue weighted by Crippen LogP contribution is -2.16. The zero-order chi connectivity index (χ0) is 10.8. The van der Waals surface area contributed by atoms with E-state index >= 15 is 0 Å². The second kappa shape index (κ2) is 4.15. The molecular formula is C13H16O2. The van der Waals surface area contributed by atoms with Crippen LogP contribution in [-0.4, -0.2) is 11.9 Å². The number of ether oxygens (including phenoxy) is 1. The van der Waals surface area contributed by atoms with E-state index in [2.05, 4.69) is 0 Å². The van der Waals surface area contributed by atoms with Crippen molar-refractivity contribution in [2.45, 2.75) is 32.5 Å². The summed E-state index contributed by atoms with van der Waals surface area (Å²) in [6, 6.07) is 9.93. The lowest BCUT2D eigenvalue weighted by atomic mass is 9.98. The lowest BCUT2D eigenvalue weighted by molar-refractivity contribution is -0.123. The molecule has 1 aliphatic rings. The molecule has 80 valence electrons. The molecule has 0 aromatic heterocycles. The van der Waals surface area contributed by atoms with Crippen LogP contribution < -0.4 is 0 Å². The largest absolute Gasteiger partial charge is 0.356 e. The van der Waals surface area contributed by atoms with Crippen LogP contribution in [0.4, 0.5) is 0 Å². The summed E-state index contributed by atoms with van der Waals surface area (Å²) in [6.07, 6.45) is 0.704. The fourth-order valence-corrected chi connectivity index (χ4v) is 1.71. The number of ketones is 1. The normalized spacial score (nSPS) is 26.0. The number of epoxide rings is 1. The van der Waals surface area contributed by atoms with Crippen LogP contribution in [0, 0.1) is 5.92 Å². The van der Waals surface area contributed by atoms with Crippen molar-refractivity contribution in [1.29, 1.82) is 0 Å². The maximum atomic E-state index is 11.8. The Hall–Kier alpha value is -1.15. The first kappa shape index (κ1) is 10.4. The highest BCUT2D eigenvalue weighted by molar-refractivity contribution is 5.88. The number of benzene rings is 1. The summed E-state index contributed by atoms with van der Waals surface area (Å²) >= 11 is 0. The number of carbonyl (C=O) groups is 1. The molecule has 0 bridgehead atoms. The lowest BCUT2D eigenvalue weighted by Gasteiger charge is -2.03. The summed E-state index contributed by atoms with van der Waals surface area (Å²) in [7, 11) is 0. The summed E-state index contributed by atoms with van der Waals surface area (Å²) in [6.45, 7) is 3.99. The molecule has 1 heterocycles. The first-order valence-electron chi connectivity index (χ1n) is 5.48. The second-order valence-electron chi connectivity index (χ2n) is 4.10. The molecule has 15 heavy (non-hydrogen) atoms. The Labute approximate surface area is 90.3 Å². The van der Waals surface area contributed by atoms with Crippen molar-refractivity contribution in [2.24, 2.45) is 5.92 Å². The molecule has 0 amide bonds. The number of Topliss-reactive ketones (excluding diaryl/α,β-unsaturated/α-hetero) is 1. The molecule has 1 aromatic carbocycles. The Balaban J connectivity index is 2.00. The van der Waals surface area contributed by atoms with E-state index < -0.39 is 0 Å². The van der Waals surface area contributed by atoms with Crippen molar-refractivity contribution >= 4 is 5.78 Å². The summed E-state index contributed by atoms with van der Waals surface area (Å²) in [5, 5.41) is 0. The first-order valence-corrected chi connectivity index (χ1v) is 5.48. The topological polar surface area (TPSA) is 29.6 Å². The van der Waals surface area contributed by atoms with Crippen LogP contribution in [0.2, 0.25) is 0 Å². The molecule has 2 nitrogen and oxygen atoms in total. The monoisotopic (exact) mass is 204 g/mol. The molecule has 0 spiro atoms. The van der Waals surface area contributed by atoms with Gasteiger partial charge in [0.25, 0.3) is 0 Å². The predicted octanol–water partition coefficient (Wildman–Crippen LogP) is 2.74. The molecule has 1 fully saturated rings. The van der Waals surface area contributed by atoms with E-state index in [4.69, 9.17) is 4.74 Å². The van der Waals surface area contributed by atoms with Gasteiger partial charge in [0.1, 0.15) is 12.2 Å². The van der Waals surface area contributed by atoms with Gasteiger partial charge in [-0.1, -0.05) is 44.2 Å². The number of carbonyl (C=O) groups excluding carboxylic acids is 1. The fourth-order valence-electron chi connectivity index (χ4n) is 1.71. The van der Waals surface area contributed by atoms with Gasteiger partial charge in [-0.25, -0.2) is 0 Å². The molecule has 0 saturated carbocycles. The molecule has 1 unspecified atom stereocenters. The van der Waals surface area contributed by atoms with Gasteiger partial charge < -0.3 is 4.74 Å². The highest BCUT2D eigenvalue weighted by Gasteiger charge is 2.46. The summed E-state index contributed by atoms with van der Waals surface area (Å²) in [5.74, 6) is 0.357. The van der Waals surface area contributed by atoms with Crippen molar-refractivity contribution in [1.82, 2.24) is 0 Å². The van der Waals surface area contributed by atoms with Gasteiger partial charge >= 0.3 is 0 Å². The average molecular weight is 204 g/mol. The summed E-state index contributed by atoms with van der Waals surface area (Å²) in [5.41, 5.74) is 1.11. The molecule has 0 N–H and O–H groups in total. The van der Waals surface area contributed by atoms with Gasteiger partial charge in [-0.05, 0) is 12.0 Å². The van der Waals surface area contributed by atoms with Crippen LogP contribution in [0.1, 0.15) is 31.9 Å². The SMILES string of the molecule is CCC(C)C(=O)[C@@H]1O[C@@H]1c1ccccc1. The van der Waals surface area contributed by atoms with E-state index in [9.17, 15) is 4.79 Å². The third kappa shape index (κ3) is 2.10. The summed E-state index contributed by atoms with van der Waals surface area (Å²) < 4.78 is 5.44. The molecule has 1 aromatic rings. The molecular weight excluding hydrogens is 188 g/mol. The van der Waals surface area contributed by atoms with Crippen molar-refractivity contribution < 1.29 is 9.53 Å². The van der Waals surface area contributed by atoms with Crippen molar-refractivity contribution in [3.05, 3.63) is 35.9 Å². The van der Waals surface area contributed by atoms with Gasteiger partial charge in [-0.2, -0.15) is 0 Å². The van der Waals surface area contributed by atoms with Crippen LogP contribution in [0.5, 0.6) is 0 Å². The van der Waals surface area contributed by atoms with Crippen LogP contribution in [0.25, 0.3) is 0 Å². The van der Waals surface area contributed by atoms with Crippen LogP contribution in [-0.2, 0) is 9.53 Å². The minimum Gasteiger partial charge on any atom is -0.356 e. The van der Waals surface area contributed by atoms with E-state index in [0.717, 1.165) is 12.0 Å². The molecule has 2 heteroatoms. The molecule has 2 rings (SSSR count). The smallest absolute Gasteiger partial charge is 0.167 e. The van der Waals surface area contributed by atoms with Crippen molar-refractivity contribution in [2.75, 3.05) is 0 Å². The average Bonchev–Trinajstić information content (AvgIpc) is 3.08. The van der Waals surface area contributed by atoms with E-state index in [-0.39, 0.29) is 23.9 Å². The Bertz CT molecular complexity index is 345. The standard InChI is InChI=1S/C13H16O2/c1-3-9(2)11(14)13-12(15-13)10-7-5-4-6-8-10/h4-9,12-13H,3H2,1-2H3/t9?,12-,13+/m1/s1. The highest BCUT2D eigenvalue weighted by Crippen LogP contribution is 2.40. The quantitative estimate of drug-likeness (QED) is 0.706.